The summed E-state index contributed by atoms with van der Waals surface area (Å²) in [5, 5.41) is 13.2. The second-order valence-corrected chi connectivity index (χ2v) is 4.34. The van der Waals surface area contributed by atoms with E-state index in [0.29, 0.717) is 6.42 Å². The van der Waals surface area contributed by atoms with Crippen LogP contribution < -0.4 is 10.6 Å². The lowest BCUT2D eigenvalue weighted by molar-refractivity contribution is -0.138. The van der Waals surface area contributed by atoms with Crippen LogP contribution in [0.3, 0.4) is 0 Å². The van der Waals surface area contributed by atoms with Crippen molar-refractivity contribution in [1.82, 2.24) is 10.6 Å². The van der Waals surface area contributed by atoms with Crippen LogP contribution in [0.25, 0.3) is 0 Å². The molecule has 0 aliphatic heterocycles. The van der Waals surface area contributed by atoms with Gasteiger partial charge in [-0.2, -0.15) is 12.6 Å². The number of amides is 2. The van der Waals surface area contributed by atoms with E-state index in [0.717, 1.165) is 0 Å². The predicted octanol–water partition coefficient (Wildman–Crippen LogP) is -0.352. The first-order valence-corrected chi connectivity index (χ1v) is 5.89. The summed E-state index contributed by atoms with van der Waals surface area (Å²) in [7, 11) is 0. The van der Waals surface area contributed by atoms with E-state index in [-0.39, 0.29) is 17.6 Å². The number of aliphatic carboxylic acids is 1. The third-order valence-corrected chi connectivity index (χ3v) is 2.20. The van der Waals surface area contributed by atoms with Gasteiger partial charge in [-0.05, 0) is 12.3 Å². The highest BCUT2D eigenvalue weighted by atomic mass is 32.1. The molecule has 98 valence electrons. The Labute approximate surface area is 106 Å². The SMILES string of the molecule is CC(C)C[C@H](NC(=O)CS)C(=O)NCC(=O)O. The lowest BCUT2D eigenvalue weighted by atomic mass is 10.0. The number of nitrogens with one attached hydrogen (secondary N) is 2. The number of hydrogen-bond acceptors (Lipinski definition) is 4. The Bertz CT molecular complexity index is 294. The molecule has 7 heteroatoms. The Kier molecular flexibility index (Phi) is 7.36. The van der Waals surface area contributed by atoms with Gasteiger partial charge in [0.25, 0.3) is 0 Å². The van der Waals surface area contributed by atoms with Crippen molar-refractivity contribution in [2.75, 3.05) is 12.3 Å². The lowest BCUT2D eigenvalue weighted by Crippen LogP contribution is -2.48. The molecule has 0 saturated heterocycles. The number of carbonyl (C=O) groups is 3. The average molecular weight is 262 g/mol. The summed E-state index contributed by atoms with van der Waals surface area (Å²) in [6, 6.07) is -0.714. The van der Waals surface area contributed by atoms with Crippen LogP contribution in [0.4, 0.5) is 0 Å². The van der Waals surface area contributed by atoms with E-state index >= 15 is 0 Å². The molecule has 0 radical (unpaired) electrons. The van der Waals surface area contributed by atoms with E-state index in [9.17, 15) is 14.4 Å². The first-order valence-electron chi connectivity index (χ1n) is 5.26. The van der Waals surface area contributed by atoms with Gasteiger partial charge in [-0.3, -0.25) is 14.4 Å². The van der Waals surface area contributed by atoms with Gasteiger partial charge in [0.05, 0.1) is 5.75 Å². The van der Waals surface area contributed by atoms with Crippen molar-refractivity contribution in [3.63, 3.8) is 0 Å². The lowest BCUT2D eigenvalue weighted by Gasteiger charge is -2.19. The molecule has 0 aliphatic carbocycles. The molecular formula is C10H18N2O4S. The minimum absolute atomic E-state index is 0.0131. The van der Waals surface area contributed by atoms with Crippen molar-refractivity contribution < 1.29 is 19.5 Å². The summed E-state index contributed by atoms with van der Waals surface area (Å²) in [5.41, 5.74) is 0. The Balaban J connectivity index is 4.39. The standard InChI is InChI=1S/C10H18N2O4S/c1-6(2)3-7(12-8(13)5-17)10(16)11-4-9(14)15/h6-7,17H,3-5H2,1-2H3,(H,11,16)(H,12,13)(H,14,15)/t7-/m0/s1. The van der Waals surface area contributed by atoms with Gasteiger partial charge in [-0.1, -0.05) is 13.8 Å². The number of carboxylic acids is 1. The molecule has 0 fully saturated rings. The minimum atomic E-state index is -1.12. The molecule has 2 amide bonds. The van der Waals surface area contributed by atoms with Crippen molar-refractivity contribution in [2.24, 2.45) is 5.92 Å². The van der Waals surface area contributed by atoms with E-state index in [1.54, 1.807) is 0 Å². The monoisotopic (exact) mass is 262 g/mol. The number of carboxylic acid groups (broad SMARTS) is 1. The topological polar surface area (TPSA) is 95.5 Å². The normalized spacial score (nSPS) is 12.0. The first-order chi connectivity index (χ1) is 7.86. The highest BCUT2D eigenvalue weighted by Crippen LogP contribution is 2.05. The maximum Gasteiger partial charge on any atom is 0.322 e. The maximum absolute atomic E-state index is 11.6. The summed E-state index contributed by atoms with van der Waals surface area (Å²) in [4.78, 5) is 33.1. The van der Waals surface area contributed by atoms with Crippen LogP contribution in [0.15, 0.2) is 0 Å². The largest absolute Gasteiger partial charge is 0.480 e. The number of hydrogen-bond donors (Lipinski definition) is 4. The fourth-order valence-electron chi connectivity index (χ4n) is 1.23. The van der Waals surface area contributed by atoms with Gasteiger partial charge < -0.3 is 15.7 Å². The third kappa shape index (κ3) is 7.62. The number of rotatable bonds is 7. The van der Waals surface area contributed by atoms with Crippen LogP contribution in [-0.4, -0.2) is 41.2 Å². The van der Waals surface area contributed by atoms with Gasteiger partial charge in [0.1, 0.15) is 12.6 Å². The second-order valence-electron chi connectivity index (χ2n) is 4.02. The summed E-state index contributed by atoms with van der Waals surface area (Å²) in [6.07, 6.45) is 0.449. The van der Waals surface area contributed by atoms with Crippen LogP contribution in [-0.2, 0) is 14.4 Å². The van der Waals surface area contributed by atoms with Crippen molar-refractivity contribution in [3.05, 3.63) is 0 Å². The van der Waals surface area contributed by atoms with E-state index in [1.807, 2.05) is 13.8 Å². The van der Waals surface area contributed by atoms with Crippen LogP contribution >= 0.6 is 12.6 Å². The molecule has 0 aromatic heterocycles. The molecule has 0 unspecified atom stereocenters. The van der Waals surface area contributed by atoms with Crippen molar-refractivity contribution in [2.45, 2.75) is 26.3 Å². The number of carbonyl (C=O) groups excluding carboxylic acids is 2. The maximum atomic E-state index is 11.6. The summed E-state index contributed by atoms with van der Waals surface area (Å²) >= 11 is 3.80. The van der Waals surface area contributed by atoms with Gasteiger partial charge in [0.2, 0.25) is 11.8 Å². The Morgan fingerprint density at radius 2 is 1.88 bits per heavy atom. The molecular weight excluding hydrogens is 244 g/mol. The molecule has 0 rings (SSSR count). The number of thiol groups is 1. The summed E-state index contributed by atoms with van der Waals surface area (Å²) < 4.78 is 0. The zero-order valence-corrected chi connectivity index (χ0v) is 10.8. The molecule has 0 spiro atoms. The smallest absolute Gasteiger partial charge is 0.322 e. The van der Waals surface area contributed by atoms with Crippen LogP contribution in [0.5, 0.6) is 0 Å². The van der Waals surface area contributed by atoms with Crippen LogP contribution in [0.2, 0.25) is 0 Å². The summed E-state index contributed by atoms with van der Waals surface area (Å²) in [5.74, 6) is -1.78. The van der Waals surface area contributed by atoms with Gasteiger partial charge in [-0.25, -0.2) is 0 Å². The highest BCUT2D eigenvalue weighted by Gasteiger charge is 2.21. The first kappa shape index (κ1) is 15.8. The van der Waals surface area contributed by atoms with E-state index in [1.165, 1.54) is 0 Å². The molecule has 0 aromatic carbocycles. The Morgan fingerprint density at radius 1 is 1.29 bits per heavy atom. The van der Waals surface area contributed by atoms with Crippen LogP contribution in [0, 0.1) is 5.92 Å². The molecule has 6 nitrogen and oxygen atoms in total. The second kappa shape index (κ2) is 7.94. The molecule has 0 saturated carbocycles. The summed E-state index contributed by atoms with van der Waals surface area (Å²) in [6.45, 7) is 3.36. The molecule has 0 aromatic rings. The third-order valence-electron chi connectivity index (χ3n) is 1.92. The molecule has 0 heterocycles. The van der Waals surface area contributed by atoms with Crippen molar-refractivity contribution in [1.29, 1.82) is 0 Å². The zero-order chi connectivity index (χ0) is 13.4. The molecule has 0 aliphatic rings. The van der Waals surface area contributed by atoms with Gasteiger partial charge >= 0.3 is 5.97 Å². The Hall–Kier alpha value is -1.24. The fraction of sp³-hybridized carbons (Fsp3) is 0.700. The highest BCUT2D eigenvalue weighted by molar-refractivity contribution is 7.81. The molecule has 1 atom stereocenters. The average Bonchev–Trinajstić information content (AvgIpc) is 2.23. The molecule has 17 heavy (non-hydrogen) atoms. The van der Waals surface area contributed by atoms with Crippen molar-refractivity contribution in [3.8, 4) is 0 Å². The van der Waals surface area contributed by atoms with E-state index < -0.39 is 24.5 Å². The van der Waals surface area contributed by atoms with Crippen LogP contribution in [0.1, 0.15) is 20.3 Å². The molecule has 0 bridgehead atoms. The fourth-order valence-corrected chi connectivity index (χ4v) is 1.32. The minimum Gasteiger partial charge on any atom is -0.480 e. The Morgan fingerprint density at radius 3 is 2.29 bits per heavy atom. The predicted molar refractivity (Wildman–Crippen MR) is 65.9 cm³/mol. The van der Waals surface area contributed by atoms with Crippen molar-refractivity contribution >= 4 is 30.4 Å². The van der Waals surface area contributed by atoms with Gasteiger partial charge in [0.15, 0.2) is 0 Å². The molecule has 3 N–H and O–H groups in total. The zero-order valence-electron chi connectivity index (χ0n) is 9.90. The van der Waals surface area contributed by atoms with E-state index in [2.05, 4.69) is 23.3 Å². The van der Waals surface area contributed by atoms with Gasteiger partial charge in [-0.15, -0.1) is 0 Å². The van der Waals surface area contributed by atoms with E-state index in [4.69, 9.17) is 5.11 Å². The van der Waals surface area contributed by atoms with Gasteiger partial charge in [0, 0.05) is 0 Å². The quantitative estimate of drug-likeness (QED) is 0.472.